The maximum absolute atomic E-state index is 13.1. The van der Waals surface area contributed by atoms with Gasteiger partial charge in [0, 0.05) is 11.6 Å². The summed E-state index contributed by atoms with van der Waals surface area (Å²) < 4.78 is 13.1. The van der Waals surface area contributed by atoms with Gasteiger partial charge in [-0.1, -0.05) is 23.2 Å². The van der Waals surface area contributed by atoms with Crippen molar-refractivity contribution in [2.75, 3.05) is 0 Å². The van der Waals surface area contributed by atoms with E-state index in [0.29, 0.717) is 0 Å². The minimum atomic E-state index is -0.680. The average Bonchev–Trinajstić information content (AvgIpc) is 2.11. The van der Waals surface area contributed by atoms with Crippen LogP contribution in [0, 0.1) is 5.82 Å². The van der Waals surface area contributed by atoms with Gasteiger partial charge in [0.2, 0.25) is 5.91 Å². The molecule has 0 unspecified atom stereocenters. The lowest BCUT2D eigenvalue weighted by Gasteiger charge is -2.01. The quantitative estimate of drug-likeness (QED) is 0.620. The zero-order valence-electron chi connectivity index (χ0n) is 6.93. The Bertz CT molecular complexity index is 404. The van der Waals surface area contributed by atoms with E-state index in [2.05, 4.69) is 0 Å². The molecule has 0 aliphatic carbocycles. The van der Waals surface area contributed by atoms with Gasteiger partial charge in [0.15, 0.2) is 0 Å². The second kappa shape index (κ2) is 4.44. The summed E-state index contributed by atoms with van der Waals surface area (Å²) in [6.07, 6.45) is 2.20. The first kappa shape index (κ1) is 11.0. The molecule has 74 valence electrons. The van der Waals surface area contributed by atoms with Crippen molar-refractivity contribution in [1.29, 1.82) is 0 Å². The van der Waals surface area contributed by atoms with Crippen molar-refractivity contribution in [2.24, 2.45) is 5.73 Å². The molecule has 0 radical (unpaired) electrons. The molecular weight excluding hydrogens is 228 g/mol. The van der Waals surface area contributed by atoms with Crippen LogP contribution in [0.2, 0.25) is 10.0 Å². The van der Waals surface area contributed by atoms with Gasteiger partial charge in [-0.3, -0.25) is 4.79 Å². The lowest BCUT2D eigenvalue weighted by Crippen LogP contribution is -2.05. The molecule has 1 aromatic carbocycles. The fourth-order valence-electron chi connectivity index (χ4n) is 0.861. The number of halogens is 3. The molecule has 0 bridgehead atoms. The Balaban J connectivity index is 3.19. The number of primary amides is 1. The van der Waals surface area contributed by atoms with Gasteiger partial charge in [-0.05, 0) is 18.2 Å². The Kier molecular flexibility index (Phi) is 3.49. The second-order valence-electron chi connectivity index (χ2n) is 2.49. The van der Waals surface area contributed by atoms with E-state index < -0.39 is 11.7 Å². The van der Waals surface area contributed by atoms with Gasteiger partial charge >= 0.3 is 0 Å². The number of carbonyl (C=O) groups is 1. The maximum atomic E-state index is 13.1. The lowest BCUT2D eigenvalue weighted by molar-refractivity contribution is -0.113. The van der Waals surface area contributed by atoms with Crippen LogP contribution in [0.4, 0.5) is 4.39 Å². The van der Waals surface area contributed by atoms with Crippen molar-refractivity contribution < 1.29 is 9.18 Å². The molecule has 0 aliphatic rings. The van der Waals surface area contributed by atoms with Gasteiger partial charge in [-0.15, -0.1) is 0 Å². The third-order valence-electron chi connectivity index (χ3n) is 1.49. The van der Waals surface area contributed by atoms with E-state index in [1.807, 2.05) is 0 Å². The Labute approximate surface area is 90.1 Å². The minimum absolute atomic E-state index is 0.0537. The summed E-state index contributed by atoms with van der Waals surface area (Å²) in [4.78, 5) is 10.4. The molecule has 2 N–H and O–H groups in total. The molecule has 0 aliphatic heterocycles. The maximum Gasteiger partial charge on any atom is 0.241 e. The molecule has 0 spiro atoms. The first-order valence-corrected chi connectivity index (χ1v) is 4.39. The summed E-state index contributed by atoms with van der Waals surface area (Å²) in [6, 6.07) is 2.50. The predicted octanol–water partition coefficient (Wildman–Crippen LogP) is 2.63. The van der Waals surface area contributed by atoms with Crippen molar-refractivity contribution in [3.8, 4) is 0 Å². The van der Waals surface area contributed by atoms with Crippen LogP contribution in [0.3, 0.4) is 0 Å². The van der Waals surface area contributed by atoms with Crippen molar-refractivity contribution >= 4 is 35.2 Å². The summed E-state index contributed by atoms with van der Waals surface area (Å²) in [6.45, 7) is 0. The molecule has 5 heteroatoms. The SMILES string of the molecule is NC(=O)/C=C/c1c(F)ccc(Cl)c1Cl. The van der Waals surface area contributed by atoms with E-state index in [4.69, 9.17) is 28.9 Å². The molecule has 1 amide bonds. The van der Waals surface area contributed by atoms with Crippen LogP contribution in [0.1, 0.15) is 5.56 Å². The highest BCUT2D eigenvalue weighted by atomic mass is 35.5. The Hall–Kier alpha value is -1.06. The number of nitrogens with two attached hydrogens (primary N) is 1. The van der Waals surface area contributed by atoms with Crippen molar-refractivity contribution in [3.05, 3.63) is 39.6 Å². The molecule has 0 atom stereocenters. The molecule has 0 fully saturated rings. The fourth-order valence-corrected chi connectivity index (χ4v) is 1.24. The number of benzene rings is 1. The monoisotopic (exact) mass is 233 g/mol. The van der Waals surface area contributed by atoms with E-state index in [-0.39, 0.29) is 15.6 Å². The van der Waals surface area contributed by atoms with Gasteiger partial charge in [-0.2, -0.15) is 0 Å². The predicted molar refractivity (Wildman–Crippen MR) is 54.6 cm³/mol. The van der Waals surface area contributed by atoms with Crippen LogP contribution in [0.15, 0.2) is 18.2 Å². The molecular formula is C9H6Cl2FNO. The molecule has 0 heterocycles. The second-order valence-corrected chi connectivity index (χ2v) is 3.28. The van der Waals surface area contributed by atoms with Crippen molar-refractivity contribution in [3.63, 3.8) is 0 Å². The van der Waals surface area contributed by atoms with Crippen molar-refractivity contribution in [2.45, 2.75) is 0 Å². The summed E-state index contributed by atoms with van der Waals surface area (Å²) in [7, 11) is 0. The van der Waals surface area contributed by atoms with Crippen LogP contribution in [-0.2, 0) is 4.79 Å². The van der Waals surface area contributed by atoms with E-state index >= 15 is 0 Å². The number of hydrogen-bond donors (Lipinski definition) is 1. The molecule has 0 saturated carbocycles. The highest BCUT2D eigenvalue weighted by Gasteiger charge is 2.07. The summed E-state index contributed by atoms with van der Waals surface area (Å²) >= 11 is 11.4. The van der Waals surface area contributed by atoms with Gasteiger partial charge < -0.3 is 5.73 Å². The zero-order valence-corrected chi connectivity index (χ0v) is 8.44. The van der Waals surface area contributed by atoms with Crippen LogP contribution < -0.4 is 5.73 Å². The standard InChI is InChI=1S/C9H6Cl2FNO/c10-6-2-3-7(12)5(9(6)11)1-4-8(13)14/h1-4H,(H2,13,14)/b4-1+. The lowest BCUT2D eigenvalue weighted by atomic mass is 10.2. The van der Waals surface area contributed by atoms with Crippen LogP contribution in [0.5, 0.6) is 0 Å². The van der Waals surface area contributed by atoms with Crippen LogP contribution in [0.25, 0.3) is 6.08 Å². The van der Waals surface area contributed by atoms with Crippen molar-refractivity contribution in [1.82, 2.24) is 0 Å². The molecule has 0 aromatic heterocycles. The summed E-state index contributed by atoms with van der Waals surface area (Å²) in [5, 5.41) is 0.279. The Morgan fingerprint density at radius 3 is 2.64 bits per heavy atom. The molecule has 0 saturated heterocycles. The normalized spacial score (nSPS) is 10.8. The first-order chi connectivity index (χ1) is 6.52. The minimum Gasteiger partial charge on any atom is -0.366 e. The number of amides is 1. The Morgan fingerprint density at radius 2 is 2.07 bits per heavy atom. The zero-order chi connectivity index (χ0) is 10.7. The first-order valence-electron chi connectivity index (χ1n) is 3.63. The van der Waals surface area contributed by atoms with E-state index in [9.17, 15) is 9.18 Å². The molecule has 1 aromatic rings. The van der Waals surface area contributed by atoms with Gasteiger partial charge in [0.05, 0.1) is 10.0 Å². The smallest absolute Gasteiger partial charge is 0.241 e. The van der Waals surface area contributed by atoms with Gasteiger partial charge in [-0.25, -0.2) is 4.39 Å². The summed E-state index contributed by atoms with van der Waals surface area (Å²) in [5.41, 5.74) is 4.91. The van der Waals surface area contributed by atoms with Crippen LogP contribution in [-0.4, -0.2) is 5.91 Å². The van der Waals surface area contributed by atoms with Gasteiger partial charge in [0.25, 0.3) is 0 Å². The molecule has 14 heavy (non-hydrogen) atoms. The topological polar surface area (TPSA) is 43.1 Å². The largest absolute Gasteiger partial charge is 0.366 e. The van der Waals surface area contributed by atoms with Gasteiger partial charge in [0.1, 0.15) is 5.82 Å². The van der Waals surface area contributed by atoms with E-state index in [0.717, 1.165) is 12.1 Å². The van der Waals surface area contributed by atoms with E-state index in [1.165, 1.54) is 12.1 Å². The molecule has 1 rings (SSSR count). The number of carbonyl (C=O) groups excluding carboxylic acids is 1. The summed E-state index contributed by atoms with van der Waals surface area (Å²) in [5.74, 6) is -1.24. The number of hydrogen-bond acceptors (Lipinski definition) is 1. The third-order valence-corrected chi connectivity index (χ3v) is 2.31. The molecule has 2 nitrogen and oxygen atoms in total. The van der Waals surface area contributed by atoms with E-state index in [1.54, 1.807) is 0 Å². The Morgan fingerprint density at radius 1 is 1.43 bits per heavy atom. The average molecular weight is 234 g/mol. The third kappa shape index (κ3) is 2.47. The fraction of sp³-hybridized carbons (Fsp3) is 0. The van der Waals surface area contributed by atoms with Crippen LogP contribution >= 0.6 is 23.2 Å². The highest BCUT2D eigenvalue weighted by molar-refractivity contribution is 6.42. The highest BCUT2D eigenvalue weighted by Crippen LogP contribution is 2.28. The number of rotatable bonds is 2.